The van der Waals surface area contributed by atoms with Crippen molar-refractivity contribution in [3.8, 4) is 5.75 Å². The Morgan fingerprint density at radius 3 is 1.36 bits per heavy atom. The van der Waals surface area contributed by atoms with Crippen molar-refractivity contribution in [2.75, 3.05) is 5.75 Å². The molecule has 0 amide bonds. The zero-order valence-corrected chi connectivity index (χ0v) is 30.8. The molecule has 3 nitrogen and oxygen atoms in total. The van der Waals surface area contributed by atoms with Gasteiger partial charge in [0.1, 0.15) is 11.4 Å². The van der Waals surface area contributed by atoms with Crippen LogP contribution in [-0.4, -0.2) is 11.4 Å². The molecule has 222 valence electrons. The molecular formula is C32H57O3PS2Zn. The number of ether oxygens (including phenoxy) is 1. The molecule has 0 unspecified atom stereocenters. The first-order valence-electron chi connectivity index (χ1n) is 15.8. The number of benzene rings is 1. The first-order chi connectivity index (χ1) is 18.4. The third-order valence-corrected chi connectivity index (χ3v) is 10.8. The van der Waals surface area contributed by atoms with Crippen molar-refractivity contribution in [1.82, 2.24) is 0 Å². The first-order valence-corrected chi connectivity index (χ1v) is 20.0. The molecule has 0 saturated heterocycles. The van der Waals surface area contributed by atoms with E-state index >= 15 is 0 Å². The minimum atomic E-state index is -3.83. The maximum Gasteiger partial charge on any atom is 2.00 e. The molecule has 1 rings (SSSR count). The largest absolute Gasteiger partial charge is 2.00 e. The van der Waals surface area contributed by atoms with E-state index in [9.17, 15) is 9.79 Å². The number of rotatable bonds is 27. The van der Waals surface area contributed by atoms with E-state index in [1.165, 1.54) is 116 Å². The van der Waals surface area contributed by atoms with Gasteiger partial charge in [-0.05, 0) is 37.8 Å². The zero-order chi connectivity index (χ0) is 27.8. The van der Waals surface area contributed by atoms with Crippen LogP contribution in [0.2, 0.25) is 0 Å². The summed E-state index contributed by atoms with van der Waals surface area (Å²) in [5.41, 5.74) is -4.31. The molecule has 0 aliphatic carbocycles. The van der Waals surface area contributed by atoms with Gasteiger partial charge in [0.2, 0.25) is 0 Å². The summed E-state index contributed by atoms with van der Waals surface area (Å²) in [6.07, 6.45) is 27.6. The second-order valence-corrected chi connectivity index (χ2v) is 17.0. The molecule has 0 spiro atoms. The Morgan fingerprint density at radius 1 is 0.641 bits per heavy atom. The van der Waals surface area contributed by atoms with Crippen LogP contribution in [0.3, 0.4) is 0 Å². The standard InChI is InChI=1S/C32H59O3PS2.Zn/c1-3-5-7-9-11-13-15-17-19-24-28-32(30-38-36(33,34)37,35-31-26-22-21-23-27-31)29-25-20-18-16-14-12-10-8-6-4-2;/h21-23,26-27H,3-20,24-25,28-30H2,1-2H3,(H2,33,34,37);/q;+2/p-2. The number of para-hydroxylation sites is 1. The number of unbranched alkanes of at least 4 members (excludes halogenated alkanes) is 18. The third-order valence-electron chi connectivity index (χ3n) is 7.54. The molecular weight excluding hydrogens is 593 g/mol. The molecule has 0 N–H and O–H groups in total. The van der Waals surface area contributed by atoms with Gasteiger partial charge in [0.05, 0.1) is 0 Å². The van der Waals surface area contributed by atoms with Crippen LogP contribution in [0.1, 0.15) is 155 Å². The molecule has 0 heterocycles. The van der Waals surface area contributed by atoms with Crippen LogP contribution < -0.4 is 14.5 Å². The fourth-order valence-electron chi connectivity index (χ4n) is 5.21. The minimum absolute atomic E-state index is 0. The number of hydrogen-bond donors (Lipinski definition) is 0. The predicted octanol–water partition coefficient (Wildman–Crippen LogP) is 10.1. The van der Waals surface area contributed by atoms with Crippen molar-refractivity contribution >= 4 is 28.9 Å². The molecule has 39 heavy (non-hydrogen) atoms. The normalized spacial score (nSPS) is 11.9. The van der Waals surface area contributed by atoms with Gasteiger partial charge in [-0.15, -0.1) is 11.8 Å². The van der Waals surface area contributed by atoms with E-state index in [0.29, 0.717) is 5.75 Å². The molecule has 7 heteroatoms. The van der Waals surface area contributed by atoms with Crippen LogP contribution in [0.25, 0.3) is 0 Å². The fraction of sp³-hybridized carbons (Fsp3) is 0.812. The van der Waals surface area contributed by atoms with Crippen LogP contribution in [0.5, 0.6) is 5.75 Å². The summed E-state index contributed by atoms with van der Waals surface area (Å²) in [5.74, 6) is 1.25. The van der Waals surface area contributed by atoms with Crippen molar-refractivity contribution in [2.45, 2.75) is 161 Å². The van der Waals surface area contributed by atoms with Gasteiger partial charge in [0, 0.05) is 5.75 Å². The molecule has 0 aromatic heterocycles. The van der Waals surface area contributed by atoms with Crippen molar-refractivity contribution in [3.05, 3.63) is 30.3 Å². The Morgan fingerprint density at radius 2 is 1.00 bits per heavy atom. The molecule has 0 aliphatic heterocycles. The summed E-state index contributed by atoms with van der Waals surface area (Å²) in [5, 5.41) is 0. The average molecular weight is 650 g/mol. The average Bonchev–Trinajstić information content (AvgIpc) is 2.90. The van der Waals surface area contributed by atoms with Gasteiger partial charge in [-0.3, -0.25) is 0 Å². The SMILES string of the molecule is CCCCCCCCCCCCC(CCCCCCCCCCCC)(CSP([O-])([O-])=S)Oc1ccccc1.[Zn+2]. The van der Waals surface area contributed by atoms with Crippen molar-refractivity contribution in [1.29, 1.82) is 0 Å². The van der Waals surface area contributed by atoms with E-state index in [2.05, 4.69) is 13.8 Å². The Labute approximate surface area is 264 Å². The van der Waals surface area contributed by atoms with E-state index in [0.717, 1.165) is 42.8 Å². The quantitative estimate of drug-likeness (QED) is 0.0539. The van der Waals surface area contributed by atoms with E-state index < -0.39 is 11.3 Å². The summed E-state index contributed by atoms with van der Waals surface area (Å²) < 4.78 is 6.64. The van der Waals surface area contributed by atoms with E-state index in [-0.39, 0.29) is 19.5 Å². The van der Waals surface area contributed by atoms with Gasteiger partial charge < -0.3 is 14.5 Å². The predicted molar refractivity (Wildman–Crippen MR) is 169 cm³/mol. The summed E-state index contributed by atoms with van der Waals surface area (Å²) in [7, 11) is 0. The van der Waals surface area contributed by atoms with Crippen LogP contribution in [0, 0.1) is 0 Å². The second-order valence-electron chi connectivity index (χ2n) is 11.2. The second kappa shape index (κ2) is 26.2. The molecule has 1 aromatic carbocycles. The van der Waals surface area contributed by atoms with Crippen LogP contribution in [-0.2, 0) is 31.3 Å². The zero-order valence-electron chi connectivity index (χ0n) is 25.3. The molecule has 0 saturated carbocycles. The van der Waals surface area contributed by atoms with Crippen LogP contribution >= 0.6 is 17.1 Å². The summed E-state index contributed by atoms with van der Waals surface area (Å²) in [6, 6.07) is 9.94. The van der Waals surface area contributed by atoms with Gasteiger partial charge in [-0.1, -0.05) is 148 Å². The third kappa shape index (κ3) is 23.8. The van der Waals surface area contributed by atoms with Gasteiger partial charge in [0.25, 0.3) is 0 Å². The number of hydrogen-bond acceptors (Lipinski definition) is 5. The molecule has 0 bridgehead atoms. The van der Waals surface area contributed by atoms with Crippen LogP contribution in [0.4, 0.5) is 0 Å². The van der Waals surface area contributed by atoms with E-state index in [4.69, 9.17) is 16.5 Å². The Kier molecular flexibility index (Phi) is 26.6. The minimum Gasteiger partial charge on any atom is -0.825 e. The molecule has 0 fully saturated rings. The van der Waals surface area contributed by atoms with Gasteiger partial charge in [-0.2, -0.15) is 17.1 Å². The Hall–Kier alpha value is 0.563. The maximum absolute atomic E-state index is 12.0. The van der Waals surface area contributed by atoms with Gasteiger partial charge in [0.15, 0.2) is 0 Å². The van der Waals surface area contributed by atoms with Crippen molar-refractivity contribution in [2.24, 2.45) is 0 Å². The Balaban J connectivity index is 0.0000144. The van der Waals surface area contributed by atoms with E-state index in [1.807, 2.05) is 30.3 Å². The summed E-state index contributed by atoms with van der Waals surface area (Å²) in [4.78, 5) is 23.9. The monoisotopic (exact) mass is 648 g/mol. The molecule has 0 aliphatic rings. The van der Waals surface area contributed by atoms with Crippen molar-refractivity contribution in [3.63, 3.8) is 0 Å². The molecule has 1 aromatic rings. The molecule has 0 radical (unpaired) electrons. The molecule has 0 atom stereocenters. The summed E-state index contributed by atoms with van der Waals surface area (Å²) in [6.45, 7) is 4.53. The summed E-state index contributed by atoms with van der Waals surface area (Å²) >= 11 is 5.68. The smallest absolute Gasteiger partial charge is 0.825 e. The maximum atomic E-state index is 12.0. The van der Waals surface area contributed by atoms with E-state index in [1.54, 1.807) is 0 Å². The van der Waals surface area contributed by atoms with Gasteiger partial charge in [-0.25, -0.2) is 0 Å². The topological polar surface area (TPSA) is 55.3 Å². The van der Waals surface area contributed by atoms with Crippen molar-refractivity contribution < 1.29 is 34.0 Å². The fourth-order valence-corrected chi connectivity index (χ4v) is 7.60. The van der Waals surface area contributed by atoms with Crippen LogP contribution in [0.15, 0.2) is 30.3 Å². The van der Waals surface area contributed by atoms with Gasteiger partial charge >= 0.3 is 19.5 Å². The Bertz CT molecular complexity index is 678. The first kappa shape index (κ1) is 39.6.